The summed E-state index contributed by atoms with van der Waals surface area (Å²) >= 11 is 0. The first-order chi connectivity index (χ1) is 21.5. The Hall–Kier alpha value is -3.18. The molecule has 0 bridgehead atoms. The fourth-order valence-corrected chi connectivity index (χ4v) is 11.7. The largest absolute Gasteiger partial charge is 0.309 e. The average molecular weight is 623 g/mol. The van der Waals surface area contributed by atoms with Crippen molar-refractivity contribution in [3.63, 3.8) is 0 Å². The highest BCUT2D eigenvalue weighted by atomic mass is 31.2. The first-order valence-corrected chi connectivity index (χ1v) is 19.8. The zero-order valence-corrected chi connectivity index (χ0v) is 28.3. The molecule has 0 radical (unpaired) electrons. The molecule has 0 heterocycles. The van der Waals surface area contributed by atoms with Gasteiger partial charge < -0.3 is 9.13 Å². The Bertz CT molecular complexity index is 1350. The van der Waals surface area contributed by atoms with Gasteiger partial charge in [-0.25, -0.2) is 0 Å². The Morgan fingerprint density at radius 1 is 0.432 bits per heavy atom. The quantitative estimate of drug-likeness (QED) is 0.0667. The van der Waals surface area contributed by atoms with Crippen LogP contribution in [-0.4, -0.2) is 0 Å². The Morgan fingerprint density at radius 3 is 0.955 bits per heavy atom. The van der Waals surface area contributed by atoms with Gasteiger partial charge in [-0.05, 0) is 36.3 Å². The van der Waals surface area contributed by atoms with Crippen molar-refractivity contribution >= 4 is 35.5 Å². The number of hydrogen-bond donors (Lipinski definition) is 0. The van der Waals surface area contributed by atoms with Crippen LogP contribution >= 0.6 is 14.3 Å². The Kier molecular flexibility index (Phi) is 13.3. The van der Waals surface area contributed by atoms with Crippen molar-refractivity contribution in [2.24, 2.45) is 0 Å². The molecule has 0 fully saturated rings. The monoisotopic (exact) mass is 622 g/mol. The molecule has 0 atom stereocenters. The van der Waals surface area contributed by atoms with Gasteiger partial charge in [-0.15, -0.1) is 0 Å². The molecule has 230 valence electrons. The molecule has 44 heavy (non-hydrogen) atoms. The summed E-state index contributed by atoms with van der Waals surface area (Å²) in [6.07, 6.45) is 14.4. The van der Waals surface area contributed by atoms with Gasteiger partial charge in [-0.1, -0.05) is 186 Å². The van der Waals surface area contributed by atoms with Crippen molar-refractivity contribution in [2.75, 3.05) is 0 Å². The van der Waals surface area contributed by atoms with Gasteiger partial charge in [0.1, 0.15) is 0 Å². The lowest BCUT2D eigenvalue weighted by Crippen LogP contribution is -2.18. The molecule has 0 aliphatic rings. The predicted molar refractivity (Wildman–Crippen MR) is 193 cm³/mol. The van der Waals surface area contributed by atoms with Crippen LogP contribution in [0.4, 0.5) is 0 Å². The highest BCUT2D eigenvalue weighted by molar-refractivity contribution is 7.83. The average Bonchev–Trinajstić information content (AvgIpc) is 3.09. The molecule has 0 aliphatic heterocycles. The third-order valence-corrected chi connectivity index (χ3v) is 14.8. The minimum atomic E-state index is -3.14. The molecule has 4 rings (SSSR count). The maximum atomic E-state index is 15.5. The molecule has 0 N–H and O–H groups in total. The van der Waals surface area contributed by atoms with Crippen LogP contribution in [0, 0.1) is 0 Å². The van der Waals surface area contributed by atoms with E-state index < -0.39 is 14.3 Å². The van der Waals surface area contributed by atoms with Gasteiger partial charge in [0.15, 0.2) is 14.3 Å². The van der Waals surface area contributed by atoms with Gasteiger partial charge >= 0.3 is 0 Å². The van der Waals surface area contributed by atoms with Crippen molar-refractivity contribution < 1.29 is 9.13 Å². The lowest BCUT2D eigenvalue weighted by Gasteiger charge is -2.25. The summed E-state index contributed by atoms with van der Waals surface area (Å²) in [5.41, 5.74) is 0. The molecule has 2 nitrogen and oxygen atoms in total. The second-order valence-corrected chi connectivity index (χ2v) is 17.1. The van der Waals surface area contributed by atoms with Gasteiger partial charge in [-0.2, -0.15) is 0 Å². The Balaban J connectivity index is 1.94. The molecule has 0 saturated carbocycles. The highest BCUT2D eigenvalue weighted by Gasteiger charge is 2.33. The van der Waals surface area contributed by atoms with Crippen LogP contribution in [0.15, 0.2) is 144 Å². The standard InChI is InChI=1S/C40H48O2P2/c1-3-5-7-13-31-39(43(41,35-23-15-9-16-24-35)36-25-17-10-18-26-36)33-34-40(32-14-8-6-4-2)44(42,37-27-19-11-20-28-37)38-29-21-12-22-30-38/h9-12,15-30,33-34H,3-8,13-14,31-32H2,1-2H3/b39-33-,40-34+. The van der Waals surface area contributed by atoms with Gasteiger partial charge in [0.2, 0.25) is 0 Å². The molecule has 4 aromatic rings. The van der Waals surface area contributed by atoms with E-state index in [1.807, 2.05) is 121 Å². The van der Waals surface area contributed by atoms with E-state index in [0.29, 0.717) is 0 Å². The highest BCUT2D eigenvalue weighted by Crippen LogP contribution is 2.56. The third kappa shape index (κ3) is 8.29. The normalized spacial score (nSPS) is 12.8. The lowest BCUT2D eigenvalue weighted by atomic mass is 10.1. The molecular formula is C40H48O2P2. The number of hydrogen-bond acceptors (Lipinski definition) is 2. The zero-order valence-electron chi connectivity index (χ0n) is 26.5. The van der Waals surface area contributed by atoms with Gasteiger partial charge in [0.05, 0.1) is 0 Å². The number of benzene rings is 4. The number of unbranched alkanes of at least 4 members (excludes halogenated alkanes) is 6. The van der Waals surface area contributed by atoms with E-state index in [-0.39, 0.29) is 0 Å². The maximum absolute atomic E-state index is 15.5. The molecule has 4 heteroatoms. The summed E-state index contributed by atoms with van der Waals surface area (Å²) in [4.78, 5) is 0. The van der Waals surface area contributed by atoms with Crippen LogP contribution in [0.3, 0.4) is 0 Å². The van der Waals surface area contributed by atoms with Crippen LogP contribution in [-0.2, 0) is 9.13 Å². The third-order valence-electron chi connectivity index (χ3n) is 8.33. The second-order valence-electron chi connectivity index (χ2n) is 11.5. The first kappa shape index (κ1) is 33.7. The van der Waals surface area contributed by atoms with Gasteiger partial charge in [0.25, 0.3) is 0 Å². The molecule has 0 aliphatic carbocycles. The topological polar surface area (TPSA) is 34.1 Å². The molecule has 0 unspecified atom stereocenters. The SMILES string of the molecule is CCCCCC/C(=C/C=C(\CCCCCC)P(=O)(c1ccccc1)c1ccccc1)P(=O)(c1ccccc1)c1ccccc1. The summed E-state index contributed by atoms with van der Waals surface area (Å²) in [5, 5.41) is 5.26. The fourth-order valence-electron chi connectivity index (χ4n) is 5.86. The summed E-state index contributed by atoms with van der Waals surface area (Å²) in [6, 6.07) is 39.8. The molecule has 0 saturated heterocycles. The second kappa shape index (κ2) is 17.3. The van der Waals surface area contributed by atoms with Crippen LogP contribution in [0.2, 0.25) is 0 Å². The summed E-state index contributed by atoms with van der Waals surface area (Å²) in [5.74, 6) is 0. The Labute approximate surface area is 266 Å². The summed E-state index contributed by atoms with van der Waals surface area (Å²) in [7, 11) is -6.29. The van der Waals surface area contributed by atoms with E-state index >= 15 is 9.13 Å². The van der Waals surface area contributed by atoms with Crippen molar-refractivity contribution in [1.29, 1.82) is 0 Å². The van der Waals surface area contributed by atoms with Crippen LogP contribution < -0.4 is 21.2 Å². The minimum absolute atomic E-state index is 0.738. The van der Waals surface area contributed by atoms with E-state index in [1.165, 1.54) is 0 Å². The summed E-state index contributed by atoms with van der Waals surface area (Å²) < 4.78 is 31.0. The molecule has 0 aromatic heterocycles. The molecule has 4 aromatic carbocycles. The molecule has 0 amide bonds. The van der Waals surface area contributed by atoms with E-state index in [9.17, 15) is 0 Å². The minimum Gasteiger partial charge on any atom is -0.309 e. The van der Waals surface area contributed by atoms with Gasteiger partial charge in [-0.3, -0.25) is 0 Å². The predicted octanol–water partition coefficient (Wildman–Crippen LogP) is 10.7. The van der Waals surface area contributed by atoms with Crippen molar-refractivity contribution in [3.8, 4) is 0 Å². The summed E-state index contributed by atoms with van der Waals surface area (Å²) in [6.45, 7) is 4.43. The fraction of sp³-hybridized carbons (Fsp3) is 0.300. The Morgan fingerprint density at radius 2 is 0.705 bits per heavy atom. The van der Waals surface area contributed by atoms with E-state index in [4.69, 9.17) is 0 Å². The number of allylic oxidation sites excluding steroid dienone is 4. The number of rotatable bonds is 17. The van der Waals surface area contributed by atoms with E-state index in [1.54, 1.807) is 0 Å². The van der Waals surface area contributed by atoms with E-state index in [2.05, 4.69) is 26.0 Å². The van der Waals surface area contributed by atoms with Crippen LogP contribution in [0.25, 0.3) is 0 Å². The molecular weight excluding hydrogens is 574 g/mol. The first-order valence-electron chi connectivity index (χ1n) is 16.4. The van der Waals surface area contributed by atoms with Crippen LogP contribution in [0.5, 0.6) is 0 Å². The van der Waals surface area contributed by atoms with Crippen molar-refractivity contribution in [1.82, 2.24) is 0 Å². The van der Waals surface area contributed by atoms with Crippen molar-refractivity contribution in [3.05, 3.63) is 144 Å². The molecule has 0 spiro atoms. The van der Waals surface area contributed by atoms with Crippen molar-refractivity contribution in [2.45, 2.75) is 78.1 Å². The van der Waals surface area contributed by atoms with Gasteiger partial charge in [0, 0.05) is 21.2 Å². The van der Waals surface area contributed by atoms with E-state index in [0.717, 1.165) is 96.1 Å². The maximum Gasteiger partial charge on any atom is 0.167 e. The zero-order chi connectivity index (χ0) is 31.1. The lowest BCUT2D eigenvalue weighted by molar-refractivity contribution is 0.586. The smallest absolute Gasteiger partial charge is 0.167 e. The van der Waals surface area contributed by atoms with Crippen LogP contribution in [0.1, 0.15) is 78.1 Å².